The number of nitrogens with zero attached hydrogens (tertiary/aromatic N) is 2. The molecule has 3 N–H and O–H groups in total. The lowest BCUT2D eigenvalue weighted by Crippen LogP contribution is -2.33. The summed E-state index contributed by atoms with van der Waals surface area (Å²) in [5.74, 6) is -1.08. The van der Waals surface area contributed by atoms with E-state index in [1.165, 1.54) is 6.07 Å². The number of nitro benzene ring substituents is 1. The van der Waals surface area contributed by atoms with Crippen LogP contribution in [-0.2, 0) is 17.8 Å². The number of rotatable bonds is 6. The Morgan fingerprint density at radius 1 is 1.33 bits per heavy atom. The average molecular weight is 289 g/mol. The Balaban J connectivity index is 2.24. The Bertz CT molecular complexity index is 666. The van der Waals surface area contributed by atoms with E-state index < -0.39 is 16.9 Å². The van der Waals surface area contributed by atoms with Gasteiger partial charge in [0, 0.05) is 29.9 Å². The number of nitro groups is 1. The largest absolute Gasteiger partial charge is 0.480 e. The summed E-state index contributed by atoms with van der Waals surface area (Å²) in [6.45, 7) is 0.297. The molecule has 1 unspecified atom stereocenters. The van der Waals surface area contributed by atoms with E-state index in [1.54, 1.807) is 41.1 Å². The topological polar surface area (TPSA) is 111 Å². The summed E-state index contributed by atoms with van der Waals surface area (Å²) >= 11 is 0. The van der Waals surface area contributed by atoms with Crippen molar-refractivity contribution in [1.29, 1.82) is 0 Å². The van der Waals surface area contributed by atoms with Gasteiger partial charge in [-0.05, 0) is 12.1 Å². The van der Waals surface area contributed by atoms with Crippen LogP contribution in [0.25, 0.3) is 0 Å². The van der Waals surface area contributed by atoms with Gasteiger partial charge in [0.25, 0.3) is 5.69 Å². The number of para-hydroxylation sites is 1. The summed E-state index contributed by atoms with van der Waals surface area (Å²) in [6, 6.07) is 8.99. The Morgan fingerprint density at radius 2 is 2.05 bits per heavy atom. The molecule has 0 radical (unpaired) electrons. The molecular weight excluding hydrogens is 274 g/mol. The molecule has 1 aromatic carbocycles. The molecule has 0 fully saturated rings. The van der Waals surface area contributed by atoms with E-state index in [1.807, 2.05) is 0 Å². The maximum atomic E-state index is 11.0. The lowest BCUT2D eigenvalue weighted by atomic mass is 10.1. The van der Waals surface area contributed by atoms with Gasteiger partial charge in [0.15, 0.2) is 0 Å². The number of aliphatic carboxylic acids is 1. The van der Waals surface area contributed by atoms with Crippen LogP contribution in [0.1, 0.15) is 11.3 Å². The lowest BCUT2D eigenvalue weighted by Gasteiger charge is -2.11. The Hall–Kier alpha value is -2.67. The second kappa shape index (κ2) is 6.19. The van der Waals surface area contributed by atoms with Gasteiger partial charge in [-0.15, -0.1) is 0 Å². The average Bonchev–Trinajstić information content (AvgIpc) is 2.86. The van der Waals surface area contributed by atoms with Crippen LogP contribution in [0, 0.1) is 10.1 Å². The number of carbonyl (C=O) groups is 1. The van der Waals surface area contributed by atoms with E-state index in [-0.39, 0.29) is 12.1 Å². The second-order valence-electron chi connectivity index (χ2n) is 4.66. The summed E-state index contributed by atoms with van der Waals surface area (Å²) in [6.07, 6.45) is 1.92. The minimum absolute atomic E-state index is 0.0414. The zero-order valence-electron chi connectivity index (χ0n) is 11.2. The maximum absolute atomic E-state index is 11.0. The second-order valence-corrected chi connectivity index (χ2v) is 4.66. The van der Waals surface area contributed by atoms with Crippen molar-refractivity contribution in [2.45, 2.75) is 19.0 Å². The van der Waals surface area contributed by atoms with Gasteiger partial charge in [-0.1, -0.05) is 18.2 Å². The number of hydrogen-bond donors (Lipinski definition) is 2. The molecule has 1 heterocycles. The first-order chi connectivity index (χ1) is 9.99. The Morgan fingerprint density at radius 3 is 2.71 bits per heavy atom. The fourth-order valence-electron chi connectivity index (χ4n) is 2.11. The van der Waals surface area contributed by atoms with Crippen molar-refractivity contribution in [1.82, 2.24) is 4.57 Å². The highest BCUT2D eigenvalue weighted by Crippen LogP contribution is 2.20. The SMILES string of the molecule is NC(Cc1cccn1Cc1ccccc1[N+](=O)[O-])C(=O)O. The first-order valence-corrected chi connectivity index (χ1v) is 6.33. The number of carboxylic acid groups (broad SMARTS) is 1. The Labute approximate surface area is 120 Å². The third-order valence-corrected chi connectivity index (χ3v) is 3.20. The molecule has 21 heavy (non-hydrogen) atoms. The van der Waals surface area contributed by atoms with Crippen molar-refractivity contribution >= 4 is 11.7 Å². The van der Waals surface area contributed by atoms with E-state index in [0.29, 0.717) is 12.1 Å². The molecule has 0 amide bonds. The fraction of sp³-hybridized carbons (Fsp3) is 0.214. The van der Waals surface area contributed by atoms with Crippen LogP contribution in [0.15, 0.2) is 42.6 Å². The fourth-order valence-corrected chi connectivity index (χ4v) is 2.11. The molecule has 0 aliphatic rings. The third-order valence-electron chi connectivity index (χ3n) is 3.20. The lowest BCUT2D eigenvalue weighted by molar-refractivity contribution is -0.385. The van der Waals surface area contributed by atoms with Crippen LogP contribution in [0.2, 0.25) is 0 Å². The number of aromatic nitrogens is 1. The van der Waals surface area contributed by atoms with Crippen LogP contribution in [-0.4, -0.2) is 26.6 Å². The highest BCUT2D eigenvalue weighted by atomic mass is 16.6. The minimum Gasteiger partial charge on any atom is -0.480 e. The molecule has 1 aromatic heterocycles. The van der Waals surface area contributed by atoms with Gasteiger partial charge in [0.1, 0.15) is 6.04 Å². The summed E-state index contributed by atoms with van der Waals surface area (Å²) in [5, 5.41) is 19.9. The molecule has 7 heteroatoms. The Kier molecular flexibility index (Phi) is 4.34. The summed E-state index contributed by atoms with van der Waals surface area (Å²) in [4.78, 5) is 21.4. The number of carboxylic acids is 1. The molecular formula is C14H15N3O4. The van der Waals surface area contributed by atoms with Crippen LogP contribution >= 0.6 is 0 Å². The molecule has 1 atom stereocenters. The van der Waals surface area contributed by atoms with Crippen molar-refractivity contribution in [3.63, 3.8) is 0 Å². The van der Waals surface area contributed by atoms with E-state index in [9.17, 15) is 14.9 Å². The van der Waals surface area contributed by atoms with Gasteiger partial charge in [0.05, 0.1) is 11.5 Å². The van der Waals surface area contributed by atoms with E-state index in [0.717, 1.165) is 5.69 Å². The predicted molar refractivity (Wildman–Crippen MR) is 75.9 cm³/mol. The van der Waals surface area contributed by atoms with Gasteiger partial charge in [-0.25, -0.2) is 0 Å². The van der Waals surface area contributed by atoms with Gasteiger partial charge in [-0.2, -0.15) is 0 Å². The van der Waals surface area contributed by atoms with Crippen molar-refractivity contribution in [3.05, 3.63) is 64.0 Å². The molecule has 0 saturated heterocycles. The zero-order chi connectivity index (χ0) is 15.4. The standard InChI is InChI=1S/C14H15N3O4/c15-12(14(18)19)8-11-5-3-7-16(11)9-10-4-1-2-6-13(10)17(20)21/h1-7,12H,8-9,15H2,(H,18,19). The number of hydrogen-bond acceptors (Lipinski definition) is 4. The van der Waals surface area contributed by atoms with Gasteiger partial charge in [-0.3, -0.25) is 14.9 Å². The summed E-state index contributed by atoms with van der Waals surface area (Å²) in [7, 11) is 0. The van der Waals surface area contributed by atoms with Gasteiger partial charge in [0.2, 0.25) is 0 Å². The van der Waals surface area contributed by atoms with Crippen molar-refractivity contribution < 1.29 is 14.8 Å². The van der Waals surface area contributed by atoms with Crippen LogP contribution in [0.4, 0.5) is 5.69 Å². The van der Waals surface area contributed by atoms with Crippen LogP contribution in [0.3, 0.4) is 0 Å². The van der Waals surface area contributed by atoms with Crippen molar-refractivity contribution in [3.8, 4) is 0 Å². The third kappa shape index (κ3) is 3.46. The molecule has 0 bridgehead atoms. The van der Waals surface area contributed by atoms with E-state index >= 15 is 0 Å². The zero-order valence-corrected chi connectivity index (χ0v) is 11.2. The smallest absolute Gasteiger partial charge is 0.320 e. The summed E-state index contributed by atoms with van der Waals surface area (Å²) in [5.41, 5.74) is 6.85. The molecule has 0 saturated carbocycles. The first kappa shape index (κ1) is 14.7. The summed E-state index contributed by atoms with van der Waals surface area (Å²) < 4.78 is 1.77. The molecule has 7 nitrogen and oxygen atoms in total. The minimum atomic E-state index is -1.08. The molecule has 0 aliphatic carbocycles. The molecule has 0 aliphatic heterocycles. The molecule has 2 rings (SSSR count). The van der Waals surface area contributed by atoms with E-state index in [4.69, 9.17) is 10.8 Å². The number of nitrogens with two attached hydrogens (primary N) is 1. The van der Waals surface area contributed by atoms with Gasteiger partial charge >= 0.3 is 5.97 Å². The van der Waals surface area contributed by atoms with Crippen molar-refractivity contribution in [2.75, 3.05) is 0 Å². The predicted octanol–water partition coefficient (Wildman–Crippen LogP) is 1.40. The highest BCUT2D eigenvalue weighted by Gasteiger charge is 2.17. The van der Waals surface area contributed by atoms with Crippen LogP contribution < -0.4 is 5.73 Å². The molecule has 110 valence electrons. The highest BCUT2D eigenvalue weighted by molar-refractivity contribution is 5.73. The molecule has 2 aromatic rings. The molecule has 0 spiro atoms. The number of benzene rings is 1. The quantitative estimate of drug-likeness (QED) is 0.616. The van der Waals surface area contributed by atoms with Gasteiger partial charge < -0.3 is 15.4 Å². The van der Waals surface area contributed by atoms with E-state index in [2.05, 4.69) is 0 Å². The maximum Gasteiger partial charge on any atom is 0.320 e. The normalized spacial score (nSPS) is 12.0. The van der Waals surface area contributed by atoms with Crippen LogP contribution in [0.5, 0.6) is 0 Å². The first-order valence-electron chi connectivity index (χ1n) is 6.33. The van der Waals surface area contributed by atoms with Crippen molar-refractivity contribution in [2.24, 2.45) is 5.73 Å². The monoisotopic (exact) mass is 289 g/mol.